The largest absolute Gasteiger partial charge is 0.488 e. The van der Waals surface area contributed by atoms with Crippen LogP contribution in [0.2, 0.25) is 5.02 Å². The fraction of sp³-hybridized carbons (Fsp3) is 0.160. The Morgan fingerprint density at radius 3 is 2.43 bits per heavy atom. The van der Waals surface area contributed by atoms with Crippen LogP contribution < -0.4 is 4.74 Å². The molecule has 2 nitrogen and oxygen atoms in total. The summed E-state index contributed by atoms with van der Waals surface area (Å²) in [5, 5.41) is 3.78. The molecule has 1 heterocycles. The molecular weight excluding hydrogens is 417 g/mol. The van der Waals surface area contributed by atoms with E-state index < -0.39 is 0 Å². The van der Waals surface area contributed by atoms with Crippen molar-refractivity contribution < 1.29 is 9.13 Å². The molecule has 3 aromatic carbocycles. The van der Waals surface area contributed by atoms with Crippen molar-refractivity contribution in [2.45, 2.75) is 26.4 Å². The smallest absolute Gasteiger partial charge is 0.130 e. The van der Waals surface area contributed by atoms with E-state index in [0.717, 1.165) is 27.4 Å². The van der Waals surface area contributed by atoms with Gasteiger partial charge in [0.05, 0.1) is 10.7 Å². The summed E-state index contributed by atoms with van der Waals surface area (Å²) in [5.74, 6) is 0.778. The lowest BCUT2D eigenvalue weighted by molar-refractivity contribution is 0.301. The van der Waals surface area contributed by atoms with Crippen molar-refractivity contribution in [3.8, 4) is 28.1 Å². The number of hydrogen-bond acceptors (Lipinski definition) is 3. The first-order valence-corrected chi connectivity index (χ1v) is 11.0. The SMILES string of the molecule is CC(C)c1nc(-c2ccccc2OCc2ccc(-c3ccc(Cl)cc3)cc2F)cs1. The lowest BCUT2D eigenvalue weighted by Crippen LogP contribution is -2.00. The molecule has 0 spiro atoms. The normalized spacial score (nSPS) is 11.1. The molecule has 0 unspecified atom stereocenters. The molecule has 0 aliphatic carbocycles. The van der Waals surface area contributed by atoms with Crippen LogP contribution in [0.25, 0.3) is 22.4 Å². The third kappa shape index (κ3) is 4.55. The minimum atomic E-state index is -0.296. The average Bonchev–Trinajstić information content (AvgIpc) is 3.24. The summed E-state index contributed by atoms with van der Waals surface area (Å²) in [6.07, 6.45) is 0. The molecular formula is C25H21ClFNOS. The Bertz CT molecular complexity index is 1150. The molecule has 0 saturated carbocycles. The molecule has 0 radical (unpaired) electrons. The summed E-state index contributed by atoms with van der Waals surface area (Å²) in [6.45, 7) is 4.40. The number of halogens is 2. The number of thiazole rings is 1. The number of para-hydroxylation sites is 1. The second-order valence-electron chi connectivity index (χ2n) is 7.32. The van der Waals surface area contributed by atoms with Crippen LogP contribution >= 0.6 is 22.9 Å². The van der Waals surface area contributed by atoms with E-state index in [1.165, 1.54) is 6.07 Å². The van der Waals surface area contributed by atoms with Gasteiger partial charge < -0.3 is 4.74 Å². The Hall–Kier alpha value is -2.69. The predicted octanol–water partition coefficient (Wildman–Crippen LogP) is 7.97. The number of hydrogen-bond donors (Lipinski definition) is 0. The van der Waals surface area contributed by atoms with Gasteiger partial charge in [0, 0.05) is 27.4 Å². The van der Waals surface area contributed by atoms with E-state index in [1.807, 2.05) is 47.8 Å². The molecule has 1 aromatic heterocycles. The highest BCUT2D eigenvalue weighted by Gasteiger charge is 2.13. The standard InChI is InChI=1S/C25H21ClFNOS/c1-16(2)25-28-23(15-30-25)21-5-3-4-6-24(21)29-14-19-8-7-18(13-22(19)27)17-9-11-20(26)12-10-17/h3-13,15-16H,14H2,1-2H3. The fourth-order valence-corrected chi connectivity index (χ4v) is 4.08. The van der Waals surface area contributed by atoms with Gasteiger partial charge in [-0.05, 0) is 41.5 Å². The quantitative estimate of drug-likeness (QED) is 0.305. The van der Waals surface area contributed by atoms with Crippen LogP contribution in [-0.4, -0.2) is 4.98 Å². The topological polar surface area (TPSA) is 22.1 Å². The molecule has 0 bridgehead atoms. The van der Waals surface area contributed by atoms with E-state index in [2.05, 4.69) is 13.8 Å². The molecule has 0 aliphatic heterocycles. The molecule has 4 rings (SSSR count). The van der Waals surface area contributed by atoms with Gasteiger partial charge in [0.15, 0.2) is 0 Å². The maximum atomic E-state index is 14.7. The van der Waals surface area contributed by atoms with Crippen molar-refractivity contribution in [1.82, 2.24) is 4.98 Å². The van der Waals surface area contributed by atoms with Crippen LogP contribution in [0.4, 0.5) is 4.39 Å². The summed E-state index contributed by atoms with van der Waals surface area (Å²) < 4.78 is 20.7. The highest BCUT2D eigenvalue weighted by Crippen LogP contribution is 2.33. The molecule has 0 amide bonds. The summed E-state index contributed by atoms with van der Waals surface area (Å²) in [6, 6.07) is 20.3. The monoisotopic (exact) mass is 437 g/mol. The molecule has 4 aromatic rings. The summed E-state index contributed by atoms with van der Waals surface area (Å²) in [5.41, 5.74) is 4.03. The molecule has 30 heavy (non-hydrogen) atoms. The van der Waals surface area contributed by atoms with Crippen molar-refractivity contribution in [2.75, 3.05) is 0 Å². The molecule has 0 saturated heterocycles. The second kappa shape index (κ2) is 8.99. The summed E-state index contributed by atoms with van der Waals surface area (Å²) >= 11 is 7.58. The number of ether oxygens (including phenoxy) is 1. The van der Waals surface area contributed by atoms with Gasteiger partial charge in [0.25, 0.3) is 0 Å². The van der Waals surface area contributed by atoms with Gasteiger partial charge in [-0.25, -0.2) is 9.37 Å². The van der Waals surface area contributed by atoms with Crippen molar-refractivity contribution in [3.63, 3.8) is 0 Å². The van der Waals surface area contributed by atoms with Gasteiger partial charge in [-0.1, -0.05) is 61.8 Å². The first-order chi connectivity index (χ1) is 14.5. The van der Waals surface area contributed by atoms with E-state index >= 15 is 0 Å². The van der Waals surface area contributed by atoms with E-state index in [9.17, 15) is 4.39 Å². The minimum absolute atomic E-state index is 0.144. The van der Waals surface area contributed by atoms with Crippen molar-refractivity contribution >= 4 is 22.9 Å². The summed E-state index contributed by atoms with van der Waals surface area (Å²) in [7, 11) is 0. The predicted molar refractivity (Wildman–Crippen MR) is 123 cm³/mol. The lowest BCUT2D eigenvalue weighted by atomic mass is 10.0. The van der Waals surface area contributed by atoms with Crippen LogP contribution in [0.5, 0.6) is 5.75 Å². The van der Waals surface area contributed by atoms with Crippen LogP contribution in [0.15, 0.2) is 72.1 Å². The highest BCUT2D eigenvalue weighted by molar-refractivity contribution is 7.10. The fourth-order valence-electron chi connectivity index (χ4n) is 3.12. The Balaban J connectivity index is 1.53. The summed E-state index contributed by atoms with van der Waals surface area (Å²) in [4.78, 5) is 4.72. The molecule has 0 aliphatic rings. The van der Waals surface area contributed by atoms with E-state index in [-0.39, 0.29) is 12.4 Å². The molecule has 0 fully saturated rings. The second-order valence-corrected chi connectivity index (χ2v) is 8.65. The Kier molecular flexibility index (Phi) is 6.16. The van der Waals surface area contributed by atoms with Crippen LogP contribution in [0.1, 0.15) is 30.3 Å². The third-order valence-electron chi connectivity index (χ3n) is 4.79. The Morgan fingerprint density at radius 2 is 1.73 bits per heavy atom. The number of rotatable bonds is 6. The Labute approximate surface area is 185 Å². The number of aromatic nitrogens is 1. The number of benzene rings is 3. The molecule has 5 heteroatoms. The lowest BCUT2D eigenvalue weighted by Gasteiger charge is -2.12. The zero-order chi connectivity index (χ0) is 21.1. The van der Waals surface area contributed by atoms with Crippen molar-refractivity contribution in [3.05, 3.63) is 93.5 Å². The van der Waals surface area contributed by atoms with Crippen molar-refractivity contribution in [2.24, 2.45) is 0 Å². The third-order valence-corrected chi connectivity index (χ3v) is 6.19. The molecule has 152 valence electrons. The van der Waals surface area contributed by atoms with Crippen molar-refractivity contribution in [1.29, 1.82) is 0 Å². The van der Waals surface area contributed by atoms with Gasteiger partial charge in [-0.3, -0.25) is 0 Å². The van der Waals surface area contributed by atoms with Gasteiger partial charge in [0.1, 0.15) is 18.2 Å². The Morgan fingerprint density at radius 1 is 1.00 bits per heavy atom. The average molecular weight is 438 g/mol. The maximum absolute atomic E-state index is 14.7. The van der Waals surface area contributed by atoms with Crippen LogP contribution in [0.3, 0.4) is 0 Å². The molecule has 0 N–H and O–H groups in total. The van der Waals surface area contributed by atoms with Crippen LogP contribution in [-0.2, 0) is 6.61 Å². The first-order valence-electron chi connectivity index (χ1n) is 9.73. The van der Waals surface area contributed by atoms with Gasteiger partial charge in [0.2, 0.25) is 0 Å². The first kappa shape index (κ1) is 20.6. The minimum Gasteiger partial charge on any atom is -0.488 e. The highest BCUT2D eigenvalue weighted by atomic mass is 35.5. The zero-order valence-corrected chi connectivity index (χ0v) is 18.3. The van der Waals surface area contributed by atoms with Gasteiger partial charge in [-0.15, -0.1) is 11.3 Å². The van der Waals surface area contributed by atoms with E-state index in [0.29, 0.717) is 22.3 Å². The zero-order valence-electron chi connectivity index (χ0n) is 16.7. The number of nitrogens with zero attached hydrogens (tertiary/aromatic N) is 1. The van der Waals surface area contributed by atoms with Crippen LogP contribution in [0, 0.1) is 5.82 Å². The van der Waals surface area contributed by atoms with Gasteiger partial charge >= 0.3 is 0 Å². The molecule has 0 atom stereocenters. The van der Waals surface area contributed by atoms with E-state index in [4.69, 9.17) is 21.3 Å². The maximum Gasteiger partial charge on any atom is 0.130 e. The van der Waals surface area contributed by atoms with Gasteiger partial charge in [-0.2, -0.15) is 0 Å². The van der Waals surface area contributed by atoms with E-state index in [1.54, 1.807) is 29.5 Å².